The number of ether oxygens (including phenoxy) is 1. The van der Waals surface area contributed by atoms with Gasteiger partial charge in [0.1, 0.15) is 11.9 Å². The summed E-state index contributed by atoms with van der Waals surface area (Å²) in [5.41, 5.74) is 6.25. The lowest BCUT2D eigenvalue weighted by atomic mass is 10.1. The summed E-state index contributed by atoms with van der Waals surface area (Å²) in [6, 6.07) is 4.72. The lowest BCUT2D eigenvalue weighted by molar-refractivity contribution is -0.133. The predicted octanol–water partition coefficient (Wildman–Crippen LogP) is 2.68. The van der Waals surface area contributed by atoms with E-state index in [0.717, 1.165) is 25.9 Å². The molecule has 0 aliphatic carbocycles. The zero-order valence-electron chi connectivity index (χ0n) is 15.8. The number of amides is 2. The van der Waals surface area contributed by atoms with E-state index in [4.69, 9.17) is 22.1 Å². The van der Waals surface area contributed by atoms with Gasteiger partial charge in [-0.25, -0.2) is 0 Å². The number of halogens is 1. The molecule has 6 nitrogen and oxygen atoms in total. The largest absolute Gasteiger partial charge is 0.489 e. The third-order valence-corrected chi connectivity index (χ3v) is 5.49. The Morgan fingerprint density at radius 1 is 1.11 bits per heavy atom. The lowest BCUT2D eigenvalue weighted by Crippen LogP contribution is -2.47. The highest BCUT2D eigenvalue weighted by atomic mass is 35.5. The standard InChI is InChI=1S/C20H28ClN3O3/c1-14(22)19(25)24-11-7-16(8-12-24)27-18-13-15(21)5-6-17(18)20(26)23-9-3-2-4-10-23/h5-6,13-14,16H,2-4,7-12,22H2,1H3. The normalized spacial score (nSPS) is 19.7. The van der Waals surface area contributed by atoms with E-state index in [1.54, 1.807) is 30.0 Å². The van der Waals surface area contributed by atoms with Gasteiger partial charge in [0.2, 0.25) is 5.91 Å². The molecule has 148 valence electrons. The van der Waals surface area contributed by atoms with Crippen molar-refractivity contribution in [1.29, 1.82) is 0 Å². The van der Waals surface area contributed by atoms with Crippen molar-refractivity contribution in [2.75, 3.05) is 26.2 Å². The van der Waals surface area contributed by atoms with E-state index in [2.05, 4.69) is 0 Å². The third kappa shape index (κ3) is 4.93. The van der Waals surface area contributed by atoms with Gasteiger partial charge in [0.25, 0.3) is 5.91 Å². The van der Waals surface area contributed by atoms with Gasteiger partial charge in [-0.05, 0) is 44.4 Å². The number of carbonyl (C=O) groups excluding carboxylic acids is 2. The summed E-state index contributed by atoms with van der Waals surface area (Å²) in [4.78, 5) is 28.6. The number of piperidine rings is 2. The van der Waals surface area contributed by atoms with Gasteiger partial charge in [0, 0.05) is 44.0 Å². The Labute approximate surface area is 165 Å². The summed E-state index contributed by atoms with van der Waals surface area (Å²) in [5, 5.41) is 0.546. The first kappa shape index (κ1) is 20.0. The van der Waals surface area contributed by atoms with Crippen molar-refractivity contribution in [1.82, 2.24) is 9.80 Å². The maximum absolute atomic E-state index is 12.9. The minimum atomic E-state index is -0.482. The van der Waals surface area contributed by atoms with E-state index in [1.807, 2.05) is 4.90 Å². The minimum absolute atomic E-state index is 0.00550. The van der Waals surface area contributed by atoms with Crippen LogP contribution in [0.3, 0.4) is 0 Å². The van der Waals surface area contributed by atoms with Crippen LogP contribution in [0, 0.1) is 0 Å². The van der Waals surface area contributed by atoms with Crippen LogP contribution in [-0.2, 0) is 4.79 Å². The number of hydrogen-bond donors (Lipinski definition) is 1. The summed E-state index contributed by atoms with van der Waals surface area (Å²) in [6.07, 6.45) is 4.63. The Morgan fingerprint density at radius 3 is 2.41 bits per heavy atom. The molecule has 2 aliphatic heterocycles. The van der Waals surface area contributed by atoms with Crippen molar-refractivity contribution in [2.24, 2.45) is 5.73 Å². The monoisotopic (exact) mass is 393 g/mol. The molecule has 2 aliphatic rings. The maximum atomic E-state index is 12.9. The van der Waals surface area contributed by atoms with Gasteiger partial charge in [-0.3, -0.25) is 9.59 Å². The minimum Gasteiger partial charge on any atom is -0.489 e. The van der Waals surface area contributed by atoms with Crippen molar-refractivity contribution >= 4 is 23.4 Å². The van der Waals surface area contributed by atoms with Crippen LogP contribution in [-0.4, -0.2) is 59.9 Å². The van der Waals surface area contributed by atoms with Crippen LogP contribution in [0.4, 0.5) is 0 Å². The summed E-state index contributed by atoms with van der Waals surface area (Å²) in [7, 11) is 0. The average Bonchev–Trinajstić information content (AvgIpc) is 2.68. The van der Waals surface area contributed by atoms with E-state index in [0.29, 0.717) is 42.3 Å². The Kier molecular flexibility index (Phi) is 6.60. The van der Waals surface area contributed by atoms with Crippen molar-refractivity contribution in [3.63, 3.8) is 0 Å². The van der Waals surface area contributed by atoms with E-state index < -0.39 is 6.04 Å². The van der Waals surface area contributed by atoms with Crippen molar-refractivity contribution in [3.8, 4) is 5.75 Å². The van der Waals surface area contributed by atoms with Crippen molar-refractivity contribution in [2.45, 2.75) is 51.2 Å². The van der Waals surface area contributed by atoms with Crippen LogP contribution in [0.5, 0.6) is 5.75 Å². The fourth-order valence-corrected chi connectivity index (χ4v) is 3.86. The number of rotatable bonds is 4. The highest BCUT2D eigenvalue weighted by molar-refractivity contribution is 6.30. The molecule has 2 amide bonds. The molecule has 2 fully saturated rings. The maximum Gasteiger partial charge on any atom is 0.257 e. The fraction of sp³-hybridized carbons (Fsp3) is 0.600. The van der Waals surface area contributed by atoms with E-state index in [-0.39, 0.29) is 17.9 Å². The van der Waals surface area contributed by atoms with Gasteiger partial charge in [0.15, 0.2) is 0 Å². The molecule has 2 N–H and O–H groups in total. The Bertz CT molecular complexity index is 681. The molecule has 1 unspecified atom stereocenters. The number of nitrogens with zero attached hydrogens (tertiary/aromatic N) is 2. The molecule has 1 atom stereocenters. The van der Waals surface area contributed by atoms with E-state index in [1.165, 1.54) is 6.42 Å². The molecule has 1 aromatic carbocycles. The second-order valence-corrected chi connectivity index (χ2v) is 7.86. The number of benzene rings is 1. The number of likely N-dealkylation sites (tertiary alicyclic amines) is 2. The molecular weight excluding hydrogens is 366 g/mol. The molecule has 0 spiro atoms. The van der Waals surface area contributed by atoms with Crippen molar-refractivity contribution < 1.29 is 14.3 Å². The molecule has 0 bridgehead atoms. The highest BCUT2D eigenvalue weighted by Crippen LogP contribution is 2.28. The smallest absolute Gasteiger partial charge is 0.257 e. The number of hydrogen-bond acceptors (Lipinski definition) is 4. The first-order valence-electron chi connectivity index (χ1n) is 9.75. The van der Waals surface area contributed by atoms with Gasteiger partial charge < -0.3 is 20.3 Å². The first-order chi connectivity index (χ1) is 13.0. The summed E-state index contributed by atoms with van der Waals surface area (Å²) >= 11 is 6.15. The molecule has 0 saturated carbocycles. The predicted molar refractivity (Wildman–Crippen MR) is 105 cm³/mol. The molecule has 2 heterocycles. The zero-order chi connectivity index (χ0) is 19.4. The van der Waals surface area contributed by atoms with Crippen LogP contribution in [0.15, 0.2) is 18.2 Å². The van der Waals surface area contributed by atoms with Gasteiger partial charge in [-0.1, -0.05) is 11.6 Å². The van der Waals surface area contributed by atoms with Gasteiger partial charge >= 0.3 is 0 Å². The average molecular weight is 394 g/mol. The van der Waals surface area contributed by atoms with Crippen molar-refractivity contribution in [3.05, 3.63) is 28.8 Å². The van der Waals surface area contributed by atoms with Crippen LogP contribution in [0.2, 0.25) is 5.02 Å². The molecule has 0 radical (unpaired) electrons. The molecule has 0 aromatic heterocycles. The topological polar surface area (TPSA) is 75.9 Å². The second kappa shape index (κ2) is 8.93. The second-order valence-electron chi connectivity index (χ2n) is 7.42. The van der Waals surface area contributed by atoms with Gasteiger partial charge in [0.05, 0.1) is 11.6 Å². The van der Waals surface area contributed by atoms with Crippen LogP contribution < -0.4 is 10.5 Å². The first-order valence-corrected chi connectivity index (χ1v) is 10.1. The van der Waals surface area contributed by atoms with Crippen LogP contribution in [0.1, 0.15) is 49.4 Å². The summed E-state index contributed by atoms with van der Waals surface area (Å²) in [6.45, 7) is 4.51. The number of nitrogens with two attached hydrogens (primary N) is 1. The summed E-state index contributed by atoms with van der Waals surface area (Å²) in [5.74, 6) is 0.512. The molecule has 3 rings (SSSR count). The Hall–Kier alpha value is -1.79. The van der Waals surface area contributed by atoms with Gasteiger partial charge in [-0.2, -0.15) is 0 Å². The van der Waals surface area contributed by atoms with E-state index in [9.17, 15) is 9.59 Å². The Morgan fingerprint density at radius 2 is 1.78 bits per heavy atom. The molecule has 27 heavy (non-hydrogen) atoms. The number of carbonyl (C=O) groups is 2. The highest BCUT2D eigenvalue weighted by Gasteiger charge is 2.27. The molecule has 7 heteroatoms. The third-order valence-electron chi connectivity index (χ3n) is 5.25. The van der Waals surface area contributed by atoms with Crippen LogP contribution >= 0.6 is 11.6 Å². The molecule has 2 saturated heterocycles. The van der Waals surface area contributed by atoms with Crippen LogP contribution in [0.25, 0.3) is 0 Å². The lowest BCUT2D eigenvalue weighted by Gasteiger charge is -2.33. The van der Waals surface area contributed by atoms with Gasteiger partial charge in [-0.15, -0.1) is 0 Å². The molecule has 1 aromatic rings. The Balaban J connectivity index is 1.67. The fourth-order valence-electron chi connectivity index (χ4n) is 3.70. The molecular formula is C20H28ClN3O3. The quantitative estimate of drug-likeness (QED) is 0.853. The summed E-state index contributed by atoms with van der Waals surface area (Å²) < 4.78 is 6.17. The van der Waals surface area contributed by atoms with E-state index >= 15 is 0 Å². The SMILES string of the molecule is CC(N)C(=O)N1CCC(Oc2cc(Cl)ccc2C(=O)N2CCCCC2)CC1. The zero-order valence-corrected chi connectivity index (χ0v) is 16.6.